The van der Waals surface area contributed by atoms with Crippen LogP contribution in [0.25, 0.3) is 5.69 Å². The number of nitrogens with one attached hydrogen (secondary N) is 1. The lowest BCUT2D eigenvalue weighted by molar-refractivity contribution is 0.0938. The lowest BCUT2D eigenvalue weighted by Crippen LogP contribution is -2.28. The molecule has 0 aliphatic rings. The van der Waals surface area contributed by atoms with Crippen molar-refractivity contribution < 1.29 is 9.18 Å². The Morgan fingerprint density at radius 2 is 1.70 bits per heavy atom. The number of amides is 1. The van der Waals surface area contributed by atoms with Gasteiger partial charge in [0.15, 0.2) is 11.0 Å². The van der Waals surface area contributed by atoms with Crippen molar-refractivity contribution in [2.75, 3.05) is 0 Å². The normalized spacial score (nSPS) is 12.4. The Morgan fingerprint density at radius 3 is 2.32 bits per heavy atom. The number of thioether (sulfide) groups is 1. The smallest absolute Gasteiger partial charge is 0.251 e. The highest BCUT2D eigenvalue weighted by Gasteiger charge is 2.23. The maximum Gasteiger partial charge on any atom is 0.251 e. The van der Waals surface area contributed by atoms with Gasteiger partial charge in [-0.15, -0.1) is 10.2 Å². The molecule has 1 aromatic heterocycles. The summed E-state index contributed by atoms with van der Waals surface area (Å²) in [6.07, 6.45) is 0. The Morgan fingerprint density at radius 1 is 1.03 bits per heavy atom. The molecular weight excluding hydrogens is 530 g/mol. The molecule has 1 unspecified atom stereocenters. The maximum atomic E-state index is 13.3. The monoisotopic (exact) mass is 556 g/mol. The molecule has 1 N–H and O–H groups in total. The zero-order chi connectivity index (χ0) is 26.7. The van der Waals surface area contributed by atoms with E-state index in [1.807, 2.05) is 35.8 Å². The average Bonchev–Trinajstić information content (AvgIpc) is 3.27. The number of rotatable bonds is 7. The second-order valence-electron chi connectivity index (χ2n) is 9.71. The molecule has 37 heavy (non-hydrogen) atoms. The third-order valence-electron chi connectivity index (χ3n) is 5.84. The molecule has 0 radical (unpaired) electrons. The zero-order valence-corrected chi connectivity index (χ0v) is 23.3. The van der Waals surface area contributed by atoms with Crippen molar-refractivity contribution in [1.29, 1.82) is 0 Å². The highest BCUT2D eigenvalue weighted by atomic mass is 35.5. The van der Waals surface area contributed by atoms with Crippen LogP contribution >= 0.6 is 35.0 Å². The van der Waals surface area contributed by atoms with Crippen molar-refractivity contribution in [2.45, 2.75) is 50.1 Å². The molecule has 1 amide bonds. The van der Waals surface area contributed by atoms with Crippen LogP contribution in [0.2, 0.25) is 10.0 Å². The molecule has 0 fully saturated rings. The first-order valence-electron chi connectivity index (χ1n) is 11.7. The molecule has 1 heterocycles. The summed E-state index contributed by atoms with van der Waals surface area (Å²) in [6, 6.07) is 18.6. The van der Waals surface area contributed by atoms with E-state index in [4.69, 9.17) is 23.2 Å². The summed E-state index contributed by atoms with van der Waals surface area (Å²) >= 11 is 14.1. The molecule has 0 spiro atoms. The minimum Gasteiger partial charge on any atom is -0.342 e. The van der Waals surface area contributed by atoms with Gasteiger partial charge in [-0.3, -0.25) is 9.36 Å². The van der Waals surface area contributed by atoms with Crippen LogP contribution in [0.15, 0.2) is 71.9 Å². The first kappa shape index (κ1) is 27.2. The van der Waals surface area contributed by atoms with E-state index in [1.165, 1.54) is 23.9 Å². The van der Waals surface area contributed by atoms with E-state index >= 15 is 0 Å². The minimum absolute atomic E-state index is 0.00144. The summed E-state index contributed by atoms with van der Waals surface area (Å²) < 4.78 is 15.1. The van der Waals surface area contributed by atoms with Crippen molar-refractivity contribution in [3.63, 3.8) is 0 Å². The number of hydrogen-bond acceptors (Lipinski definition) is 4. The topological polar surface area (TPSA) is 59.8 Å². The van der Waals surface area contributed by atoms with Gasteiger partial charge in [0.2, 0.25) is 0 Å². The number of aromatic nitrogens is 3. The van der Waals surface area contributed by atoms with E-state index in [0.29, 0.717) is 38.0 Å². The van der Waals surface area contributed by atoms with Crippen molar-refractivity contribution in [3.05, 3.63) is 105 Å². The quantitative estimate of drug-likeness (QED) is 0.236. The zero-order valence-electron chi connectivity index (χ0n) is 20.9. The average molecular weight is 558 g/mol. The van der Waals surface area contributed by atoms with Gasteiger partial charge in [-0.25, -0.2) is 4.39 Å². The molecule has 4 aromatic rings. The number of carbonyl (C=O) groups excluding carboxylic acids is 1. The highest BCUT2D eigenvalue weighted by Crippen LogP contribution is 2.32. The largest absolute Gasteiger partial charge is 0.342 e. The van der Waals surface area contributed by atoms with Crippen LogP contribution in [-0.2, 0) is 11.2 Å². The van der Waals surface area contributed by atoms with Crippen LogP contribution < -0.4 is 5.32 Å². The standard InChI is InChI=1S/C28H27Cl2FN4OS/c1-17(32-26(36)19-7-9-20(10-8-19)28(2,3)4)25-33-34-27(37-16-18-5-12-22(31)13-6-18)35(25)24-14-11-21(29)15-23(24)30/h5-15,17H,16H2,1-4H3,(H,32,36). The van der Waals surface area contributed by atoms with Crippen molar-refractivity contribution >= 4 is 40.9 Å². The maximum absolute atomic E-state index is 13.3. The number of hydrogen-bond donors (Lipinski definition) is 1. The lowest BCUT2D eigenvalue weighted by Gasteiger charge is -2.20. The Kier molecular flexibility index (Phi) is 8.26. The number of carbonyl (C=O) groups is 1. The molecule has 0 saturated heterocycles. The van der Waals surface area contributed by atoms with Gasteiger partial charge in [0, 0.05) is 16.3 Å². The lowest BCUT2D eigenvalue weighted by atomic mass is 9.86. The van der Waals surface area contributed by atoms with Gasteiger partial charge in [0.05, 0.1) is 16.8 Å². The van der Waals surface area contributed by atoms with Crippen LogP contribution in [0, 0.1) is 5.82 Å². The van der Waals surface area contributed by atoms with E-state index < -0.39 is 6.04 Å². The molecule has 4 rings (SSSR count). The van der Waals surface area contributed by atoms with Gasteiger partial charge in [-0.05, 0) is 65.9 Å². The molecule has 0 aliphatic carbocycles. The van der Waals surface area contributed by atoms with Crippen molar-refractivity contribution in [2.24, 2.45) is 0 Å². The first-order chi connectivity index (χ1) is 17.5. The molecule has 0 aliphatic heterocycles. The van der Waals surface area contributed by atoms with Crippen LogP contribution in [-0.4, -0.2) is 20.7 Å². The SMILES string of the molecule is CC(NC(=O)c1ccc(C(C)(C)C)cc1)c1nnc(SCc2ccc(F)cc2)n1-c1ccc(Cl)cc1Cl. The van der Waals surface area contributed by atoms with E-state index in [2.05, 4.69) is 36.3 Å². The third-order valence-corrected chi connectivity index (χ3v) is 7.38. The van der Waals surface area contributed by atoms with Gasteiger partial charge < -0.3 is 5.32 Å². The summed E-state index contributed by atoms with van der Waals surface area (Å²) in [5.41, 5.74) is 3.28. The van der Waals surface area contributed by atoms with E-state index in [-0.39, 0.29) is 17.1 Å². The van der Waals surface area contributed by atoms with E-state index in [9.17, 15) is 9.18 Å². The Bertz CT molecular complexity index is 1400. The molecular formula is C28H27Cl2FN4OS. The third kappa shape index (κ3) is 6.53. The van der Waals surface area contributed by atoms with Crippen LogP contribution in [0.3, 0.4) is 0 Å². The van der Waals surface area contributed by atoms with Crippen molar-refractivity contribution in [3.8, 4) is 5.69 Å². The van der Waals surface area contributed by atoms with Crippen LogP contribution in [0.1, 0.15) is 61.0 Å². The summed E-state index contributed by atoms with van der Waals surface area (Å²) in [7, 11) is 0. The van der Waals surface area contributed by atoms with E-state index in [1.54, 1.807) is 30.3 Å². The summed E-state index contributed by atoms with van der Waals surface area (Å²) in [5, 5.41) is 13.3. The molecule has 0 saturated carbocycles. The number of halogens is 3. The Hall–Kier alpha value is -2.87. The molecule has 192 valence electrons. The van der Waals surface area contributed by atoms with Crippen LogP contribution in [0.4, 0.5) is 4.39 Å². The summed E-state index contributed by atoms with van der Waals surface area (Å²) in [5.74, 6) is 0.560. The Labute approximate surface area is 230 Å². The Balaban J connectivity index is 1.62. The van der Waals surface area contributed by atoms with Crippen LogP contribution in [0.5, 0.6) is 0 Å². The van der Waals surface area contributed by atoms with Gasteiger partial charge in [0.25, 0.3) is 5.91 Å². The summed E-state index contributed by atoms with van der Waals surface area (Å²) in [6.45, 7) is 8.24. The second-order valence-corrected chi connectivity index (χ2v) is 11.5. The molecule has 1 atom stereocenters. The highest BCUT2D eigenvalue weighted by molar-refractivity contribution is 7.98. The van der Waals surface area contributed by atoms with Gasteiger partial charge in [0.1, 0.15) is 5.82 Å². The fourth-order valence-corrected chi connectivity index (χ4v) is 5.14. The fourth-order valence-electron chi connectivity index (χ4n) is 3.74. The summed E-state index contributed by atoms with van der Waals surface area (Å²) in [4.78, 5) is 13.0. The molecule has 0 bridgehead atoms. The second kappa shape index (κ2) is 11.3. The van der Waals surface area contributed by atoms with Crippen molar-refractivity contribution in [1.82, 2.24) is 20.1 Å². The number of nitrogens with zero attached hydrogens (tertiary/aromatic N) is 3. The van der Waals surface area contributed by atoms with E-state index in [0.717, 1.165) is 11.1 Å². The van der Waals surface area contributed by atoms with Gasteiger partial charge in [-0.2, -0.15) is 0 Å². The fraction of sp³-hybridized carbons (Fsp3) is 0.250. The first-order valence-corrected chi connectivity index (χ1v) is 13.5. The predicted molar refractivity (Wildman–Crippen MR) is 148 cm³/mol. The minimum atomic E-state index is -0.478. The molecule has 9 heteroatoms. The predicted octanol–water partition coefficient (Wildman–Crippen LogP) is 7.79. The van der Waals surface area contributed by atoms with Gasteiger partial charge in [-0.1, -0.05) is 80.0 Å². The molecule has 3 aromatic carbocycles. The number of benzene rings is 3. The molecule has 5 nitrogen and oxygen atoms in total. The van der Waals surface area contributed by atoms with Gasteiger partial charge >= 0.3 is 0 Å².